The molecule has 0 bridgehead atoms. The van der Waals surface area contributed by atoms with Crippen LogP contribution in [-0.4, -0.2) is 21.6 Å². The molecule has 98 valence electrons. The molecule has 0 spiro atoms. The van der Waals surface area contributed by atoms with Gasteiger partial charge in [0.1, 0.15) is 6.54 Å². The second-order valence-corrected chi connectivity index (χ2v) is 3.93. The molecule has 0 radical (unpaired) electrons. The molecule has 0 saturated heterocycles. The average Bonchev–Trinajstić information content (AvgIpc) is 2.76. The van der Waals surface area contributed by atoms with Crippen LogP contribution in [-0.2, 0) is 11.3 Å². The number of carbonyl (C=O) groups excluding carboxylic acids is 2. The minimum atomic E-state index is -0.506. The van der Waals surface area contributed by atoms with Crippen LogP contribution in [0.1, 0.15) is 10.4 Å². The van der Waals surface area contributed by atoms with Gasteiger partial charge >= 0.3 is 0 Å². The van der Waals surface area contributed by atoms with Gasteiger partial charge in [-0.25, -0.2) is 0 Å². The minimum Gasteiger partial charge on any atom is -0.398 e. The number of hydrogen-bond donors (Lipinski definition) is 3. The van der Waals surface area contributed by atoms with Crippen molar-refractivity contribution in [2.45, 2.75) is 6.54 Å². The van der Waals surface area contributed by atoms with E-state index in [0.29, 0.717) is 16.9 Å². The maximum absolute atomic E-state index is 11.9. The van der Waals surface area contributed by atoms with Gasteiger partial charge in [0.25, 0.3) is 5.91 Å². The third-order valence-electron chi connectivity index (χ3n) is 2.41. The van der Waals surface area contributed by atoms with Gasteiger partial charge in [0.05, 0.1) is 17.4 Å². The summed E-state index contributed by atoms with van der Waals surface area (Å²) in [6.07, 6.45) is 2.95. The molecule has 7 nitrogen and oxygen atoms in total. The number of benzene rings is 1. The van der Waals surface area contributed by atoms with Gasteiger partial charge in [-0.2, -0.15) is 5.10 Å². The summed E-state index contributed by atoms with van der Waals surface area (Å²) in [5.41, 5.74) is 12.0. The molecule has 0 saturated carbocycles. The highest BCUT2D eigenvalue weighted by Gasteiger charge is 2.10. The smallest absolute Gasteiger partial charge is 0.257 e. The van der Waals surface area contributed by atoms with Crippen molar-refractivity contribution in [3.8, 4) is 0 Å². The molecule has 0 aliphatic carbocycles. The van der Waals surface area contributed by atoms with Crippen LogP contribution in [0.2, 0.25) is 0 Å². The molecule has 2 aromatic rings. The number of anilines is 2. The van der Waals surface area contributed by atoms with Gasteiger partial charge in [-0.15, -0.1) is 0 Å². The minimum absolute atomic E-state index is 0.0383. The molecule has 1 heterocycles. The zero-order chi connectivity index (χ0) is 13.8. The third-order valence-corrected chi connectivity index (χ3v) is 2.41. The first-order valence-electron chi connectivity index (χ1n) is 5.53. The number of nitrogens with one attached hydrogen (secondary N) is 1. The zero-order valence-electron chi connectivity index (χ0n) is 10.0. The first-order chi connectivity index (χ1) is 9.06. The number of nitrogens with two attached hydrogens (primary N) is 2. The topological polar surface area (TPSA) is 116 Å². The maximum atomic E-state index is 11.9. The van der Waals surface area contributed by atoms with E-state index in [9.17, 15) is 9.59 Å². The Morgan fingerprint density at radius 2 is 2.05 bits per heavy atom. The van der Waals surface area contributed by atoms with Crippen LogP contribution >= 0.6 is 0 Å². The molecule has 2 amide bonds. The van der Waals surface area contributed by atoms with E-state index in [1.165, 1.54) is 17.1 Å². The van der Waals surface area contributed by atoms with Crippen LogP contribution < -0.4 is 16.8 Å². The lowest BCUT2D eigenvalue weighted by atomic mass is 10.1. The van der Waals surface area contributed by atoms with E-state index < -0.39 is 5.91 Å². The number of primary amides is 1. The van der Waals surface area contributed by atoms with E-state index in [2.05, 4.69) is 10.4 Å². The van der Waals surface area contributed by atoms with E-state index in [-0.39, 0.29) is 12.5 Å². The standard InChI is InChI=1S/C12H13N5O2/c13-10-4-2-1-3-9(10)12(19)16-8-5-15-17(6-8)7-11(14)18/h1-6H,7,13H2,(H2,14,18)(H,16,19). The summed E-state index contributed by atoms with van der Waals surface area (Å²) in [4.78, 5) is 22.7. The highest BCUT2D eigenvalue weighted by atomic mass is 16.2. The second kappa shape index (κ2) is 5.21. The summed E-state index contributed by atoms with van der Waals surface area (Å²) in [5.74, 6) is -0.843. The summed E-state index contributed by atoms with van der Waals surface area (Å²) in [7, 11) is 0. The number of aromatic nitrogens is 2. The van der Waals surface area contributed by atoms with E-state index in [0.717, 1.165) is 0 Å². The number of para-hydroxylation sites is 1. The van der Waals surface area contributed by atoms with Gasteiger partial charge in [-0.3, -0.25) is 14.3 Å². The first-order valence-corrected chi connectivity index (χ1v) is 5.53. The summed E-state index contributed by atoms with van der Waals surface area (Å²) in [6.45, 7) is -0.0383. The van der Waals surface area contributed by atoms with Crippen molar-refractivity contribution in [1.29, 1.82) is 0 Å². The Morgan fingerprint density at radius 1 is 1.32 bits per heavy atom. The summed E-state index contributed by atoms with van der Waals surface area (Å²) in [5, 5.41) is 6.53. The third kappa shape index (κ3) is 3.09. The average molecular weight is 259 g/mol. The molecular formula is C12H13N5O2. The summed E-state index contributed by atoms with van der Waals surface area (Å²) < 4.78 is 1.34. The Morgan fingerprint density at radius 3 is 2.74 bits per heavy atom. The van der Waals surface area contributed by atoms with Crippen molar-refractivity contribution in [3.63, 3.8) is 0 Å². The lowest BCUT2D eigenvalue weighted by molar-refractivity contribution is -0.118. The van der Waals surface area contributed by atoms with Crippen LogP contribution in [0.5, 0.6) is 0 Å². The molecule has 1 aromatic carbocycles. The monoisotopic (exact) mass is 259 g/mol. The van der Waals surface area contributed by atoms with Crippen molar-refractivity contribution in [1.82, 2.24) is 9.78 Å². The quantitative estimate of drug-likeness (QED) is 0.680. The largest absolute Gasteiger partial charge is 0.398 e. The van der Waals surface area contributed by atoms with E-state index >= 15 is 0 Å². The van der Waals surface area contributed by atoms with Gasteiger partial charge in [0.2, 0.25) is 5.91 Å². The molecule has 1 aromatic heterocycles. The number of nitrogens with zero attached hydrogens (tertiary/aromatic N) is 2. The van der Waals surface area contributed by atoms with Gasteiger partial charge in [0, 0.05) is 11.9 Å². The van der Waals surface area contributed by atoms with Crippen molar-refractivity contribution >= 4 is 23.2 Å². The van der Waals surface area contributed by atoms with Gasteiger partial charge in [0.15, 0.2) is 0 Å². The predicted molar refractivity (Wildman–Crippen MR) is 70.2 cm³/mol. The first kappa shape index (κ1) is 12.6. The van der Waals surface area contributed by atoms with Crippen molar-refractivity contribution in [3.05, 3.63) is 42.2 Å². The number of hydrogen-bond acceptors (Lipinski definition) is 4. The van der Waals surface area contributed by atoms with Crippen LogP contribution in [0.25, 0.3) is 0 Å². The Balaban J connectivity index is 2.09. The summed E-state index contributed by atoms with van der Waals surface area (Å²) >= 11 is 0. The summed E-state index contributed by atoms with van der Waals surface area (Å²) in [6, 6.07) is 6.74. The molecule has 0 unspecified atom stereocenters. The molecule has 19 heavy (non-hydrogen) atoms. The Kier molecular flexibility index (Phi) is 3.46. The SMILES string of the molecule is NC(=O)Cn1cc(NC(=O)c2ccccc2N)cn1. The number of amides is 2. The molecule has 0 atom stereocenters. The molecular weight excluding hydrogens is 246 g/mol. The second-order valence-electron chi connectivity index (χ2n) is 3.93. The van der Waals surface area contributed by atoms with Crippen LogP contribution in [0.4, 0.5) is 11.4 Å². The van der Waals surface area contributed by atoms with Gasteiger partial charge < -0.3 is 16.8 Å². The van der Waals surface area contributed by atoms with Crippen LogP contribution in [0.3, 0.4) is 0 Å². The molecule has 0 fully saturated rings. The zero-order valence-corrected chi connectivity index (χ0v) is 10.0. The highest BCUT2D eigenvalue weighted by Crippen LogP contribution is 2.13. The van der Waals surface area contributed by atoms with Crippen LogP contribution in [0, 0.1) is 0 Å². The maximum Gasteiger partial charge on any atom is 0.257 e. The fourth-order valence-corrected chi connectivity index (χ4v) is 1.58. The number of nitrogen functional groups attached to an aromatic ring is 1. The van der Waals surface area contributed by atoms with E-state index in [4.69, 9.17) is 11.5 Å². The lowest BCUT2D eigenvalue weighted by Gasteiger charge is -2.04. The molecule has 2 rings (SSSR count). The Hall–Kier alpha value is -2.83. The normalized spacial score (nSPS) is 10.1. The lowest BCUT2D eigenvalue weighted by Crippen LogP contribution is -2.18. The predicted octanol–water partition coefficient (Wildman–Crippen LogP) is 0.203. The van der Waals surface area contributed by atoms with Gasteiger partial charge in [-0.05, 0) is 12.1 Å². The van der Waals surface area contributed by atoms with Crippen molar-refractivity contribution < 1.29 is 9.59 Å². The van der Waals surface area contributed by atoms with Crippen LogP contribution in [0.15, 0.2) is 36.7 Å². The van der Waals surface area contributed by atoms with Gasteiger partial charge in [-0.1, -0.05) is 12.1 Å². The Labute approximate surface area is 109 Å². The van der Waals surface area contributed by atoms with Crippen molar-refractivity contribution in [2.24, 2.45) is 5.73 Å². The molecule has 7 heteroatoms. The number of carbonyl (C=O) groups is 2. The Bertz CT molecular complexity index is 620. The van der Waals surface area contributed by atoms with E-state index in [1.54, 1.807) is 24.3 Å². The molecule has 5 N–H and O–H groups in total. The fourth-order valence-electron chi connectivity index (χ4n) is 1.58. The molecule has 0 aliphatic heterocycles. The van der Waals surface area contributed by atoms with E-state index in [1.807, 2.05) is 0 Å². The fraction of sp³-hybridized carbons (Fsp3) is 0.0833. The highest BCUT2D eigenvalue weighted by molar-refractivity contribution is 6.07. The van der Waals surface area contributed by atoms with Crippen molar-refractivity contribution in [2.75, 3.05) is 11.1 Å². The molecule has 0 aliphatic rings. The number of rotatable bonds is 4.